The second-order valence-electron chi connectivity index (χ2n) is 8.73. The number of amides is 1. The largest absolute Gasteiger partial charge is 0.480 e. The third-order valence-corrected chi connectivity index (χ3v) is 5.49. The van der Waals surface area contributed by atoms with Gasteiger partial charge in [-0.1, -0.05) is 0 Å². The number of nitrogens with zero attached hydrogens (tertiary/aromatic N) is 4. The molecule has 1 amide bonds. The molecule has 2 fully saturated rings. The van der Waals surface area contributed by atoms with E-state index in [0.717, 1.165) is 35.3 Å². The summed E-state index contributed by atoms with van der Waals surface area (Å²) in [5.74, 6) is -0.764. The molecule has 1 saturated carbocycles. The summed E-state index contributed by atoms with van der Waals surface area (Å²) >= 11 is 0. The van der Waals surface area contributed by atoms with Crippen molar-refractivity contribution >= 4 is 22.9 Å². The number of carboxylic acids is 1. The third kappa shape index (κ3) is 2.99. The maximum Gasteiger partial charge on any atom is 0.326 e. The molecule has 144 valence electrons. The number of hydrogen-bond acceptors (Lipinski definition) is 4. The Hall–Kier alpha value is -2.44. The van der Waals surface area contributed by atoms with Gasteiger partial charge in [0.1, 0.15) is 6.04 Å². The van der Waals surface area contributed by atoms with Gasteiger partial charge in [0.15, 0.2) is 5.65 Å². The average molecular weight is 370 g/mol. The summed E-state index contributed by atoms with van der Waals surface area (Å²) in [5, 5.41) is 14.9. The predicted octanol–water partition coefficient (Wildman–Crippen LogP) is 3.06. The first-order valence-corrected chi connectivity index (χ1v) is 9.63. The van der Waals surface area contributed by atoms with Crippen molar-refractivity contribution in [3.63, 3.8) is 0 Å². The van der Waals surface area contributed by atoms with Crippen LogP contribution in [-0.2, 0) is 10.3 Å². The second kappa shape index (κ2) is 6.04. The lowest BCUT2D eigenvalue weighted by atomic mass is 10.0. The van der Waals surface area contributed by atoms with E-state index in [9.17, 15) is 14.7 Å². The van der Waals surface area contributed by atoms with Gasteiger partial charge in [-0.15, -0.1) is 0 Å². The smallest absolute Gasteiger partial charge is 0.326 e. The number of fused-ring (bicyclic) bond motifs is 1. The van der Waals surface area contributed by atoms with E-state index < -0.39 is 12.0 Å². The van der Waals surface area contributed by atoms with E-state index >= 15 is 0 Å². The van der Waals surface area contributed by atoms with Crippen LogP contribution in [0.15, 0.2) is 6.07 Å². The zero-order valence-corrected chi connectivity index (χ0v) is 16.3. The molecule has 2 aliphatic rings. The van der Waals surface area contributed by atoms with Crippen LogP contribution in [0.5, 0.6) is 0 Å². The molecule has 7 nitrogen and oxygen atoms in total. The number of carboxylic acid groups (broad SMARTS) is 1. The summed E-state index contributed by atoms with van der Waals surface area (Å²) in [6.45, 7) is 8.55. The van der Waals surface area contributed by atoms with Crippen LogP contribution in [0.4, 0.5) is 0 Å². The fourth-order valence-corrected chi connectivity index (χ4v) is 3.95. The molecule has 1 aliphatic heterocycles. The van der Waals surface area contributed by atoms with Crippen molar-refractivity contribution in [3.8, 4) is 0 Å². The normalized spacial score (nSPS) is 20.4. The first-order valence-electron chi connectivity index (χ1n) is 9.63. The van der Waals surface area contributed by atoms with E-state index in [4.69, 9.17) is 4.98 Å². The minimum absolute atomic E-state index is 0.217. The molecule has 3 heterocycles. The van der Waals surface area contributed by atoms with Crippen LogP contribution in [0.3, 0.4) is 0 Å². The predicted molar refractivity (Wildman–Crippen MR) is 101 cm³/mol. The van der Waals surface area contributed by atoms with E-state index in [1.165, 1.54) is 4.90 Å². The van der Waals surface area contributed by atoms with Crippen LogP contribution in [0, 0.1) is 6.92 Å². The van der Waals surface area contributed by atoms with Crippen LogP contribution in [-0.4, -0.2) is 49.2 Å². The van der Waals surface area contributed by atoms with Crippen LogP contribution in [0.2, 0.25) is 0 Å². The maximum absolute atomic E-state index is 13.4. The Morgan fingerprint density at radius 2 is 1.93 bits per heavy atom. The molecule has 0 radical (unpaired) electrons. The SMILES string of the molecule is Cc1nn(C(C)(C)C)c2nc(C3CC3)cc(C(=O)N3CCC[C@@H]3C(=O)O)c12. The Balaban J connectivity index is 1.90. The Morgan fingerprint density at radius 1 is 1.22 bits per heavy atom. The Labute approximate surface area is 158 Å². The Kier molecular flexibility index (Phi) is 4.01. The Bertz CT molecular complexity index is 937. The van der Waals surface area contributed by atoms with Gasteiger partial charge in [-0.05, 0) is 59.4 Å². The van der Waals surface area contributed by atoms with Crippen molar-refractivity contribution in [2.45, 2.75) is 70.9 Å². The van der Waals surface area contributed by atoms with Crippen molar-refractivity contribution < 1.29 is 14.7 Å². The molecule has 0 spiro atoms. The highest BCUT2D eigenvalue weighted by Crippen LogP contribution is 2.41. The first kappa shape index (κ1) is 17.9. The minimum Gasteiger partial charge on any atom is -0.480 e. The molecular formula is C20H26N4O3. The van der Waals surface area contributed by atoms with Crippen LogP contribution in [0.25, 0.3) is 11.0 Å². The molecule has 1 saturated heterocycles. The summed E-state index contributed by atoms with van der Waals surface area (Å²) in [6, 6.07) is 1.13. The molecular weight excluding hydrogens is 344 g/mol. The molecule has 1 atom stereocenters. The van der Waals surface area contributed by atoms with Gasteiger partial charge in [-0.3, -0.25) is 4.79 Å². The van der Waals surface area contributed by atoms with Crippen LogP contribution in [0.1, 0.15) is 74.1 Å². The molecule has 1 N–H and O–H groups in total. The molecule has 27 heavy (non-hydrogen) atoms. The summed E-state index contributed by atoms with van der Waals surface area (Å²) in [5.41, 5.74) is 2.67. The number of hydrogen-bond donors (Lipinski definition) is 1. The van der Waals surface area contributed by atoms with Crippen molar-refractivity contribution in [2.24, 2.45) is 0 Å². The summed E-state index contributed by atoms with van der Waals surface area (Å²) in [4.78, 5) is 31.3. The molecule has 7 heteroatoms. The third-order valence-electron chi connectivity index (χ3n) is 5.49. The number of aliphatic carboxylic acids is 1. The highest BCUT2D eigenvalue weighted by atomic mass is 16.4. The molecule has 0 unspecified atom stereocenters. The molecule has 2 aromatic rings. The Morgan fingerprint density at radius 3 is 2.52 bits per heavy atom. The van der Waals surface area contributed by atoms with Crippen LogP contribution >= 0.6 is 0 Å². The first-order chi connectivity index (χ1) is 12.7. The topological polar surface area (TPSA) is 88.3 Å². The van der Waals surface area contributed by atoms with E-state index in [1.807, 2.05) is 17.7 Å². The molecule has 1 aliphatic carbocycles. The van der Waals surface area contributed by atoms with Gasteiger partial charge >= 0.3 is 5.97 Å². The maximum atomic E-state index is 13.4. The zero-order chi connectivity index (χ0) is 19.5. The molecule has 0 aromatic carbocycles. The number of rotatable bonds is 3. The summed E-state index contributed by atoms with van der Waals surface area (Å²) in [7, 11) is 0. The number of carbonyl (C=O) groups is 2. The summed E-state index contributed by atoms with van der Waals surface area (Å²) in [6.07, 6.45) is 3.38. The van der Waals surface area contributed by atoms with Crippen molar-refractivity contribution in [1.82, 2.24) is 19.7 Å². The fraction of sp³-hybridized carbons (Fsp3) is 0.600. The van der Waals surface area contributed by atoms with Gasteiger partial charge in [0.05, 0.1) is 22.2 Å². The average Bonchev–Trinajstić information content (AvgIpc) is 3.21. The number of aromatic nitrogens is 3. The summed E-state index contributed by atoms with van der Waals surface area (Å²) < 4.78 is 1.89. The van der Waals surface area contributed by atoms with Gasteiger partial charge in [-0.2, -0.15) is 5.10 Å². The quantitative estimate of drug-likeness (QED) is 0.897. The van der Waals surface area contributed by atoms with Gasteiger partial charge in [0.25, 0.3) is 5.91 Å². The minimum atomic E-state index is -0.935. The highest BCUT2D eigenvalue weighted by Gasteiger charge is 2.37. The van der Waals surface area contributed by atoms with Gasteiger partial charge in [0.2, 0.25) is 0 Å². The van der Waals surface area contributed by atoms with E-state index in [-0.39, 0.29) is 11.4 Å². The van der Waals surface area contributed by atoms with E-state index in [0.29, 0.717) is 30.9 Å². The number of aryl methyl sites for hydroxylation is 1. The van der Waals surface area contributed by atoms with Crippen LogP contribution < -0.4 is 0 Å². The fourth-order valence-electron chi connectivity index (χ4n) is 3.95. The zero-order valence-electron chi connectivity index (χ0n) is 16.3. The lowest BCUT2D eigenvalue weighted by molar-refractivity contribution is -0.141. The standard InChI is InChI=1S/C20H26N4O3/c1-11-16-13(18(25)23-9-5-6-15(23)19(26)27)10-14(12-7-8-12)21-17(16)24(22-11)20(2,3)4/h10,12,15H,5-9H2,1-4H3,(H,26,27)/t15-/m1/s1. The molecule has 0 bridgehead atoms. The lowest BCUT2D eigenvalue weighted by Gasteiger charge is -2.23. The van der Waals surface area contributed by atoms with Crippen molar-refractivity contribution in [2.75, 3.05) is 6.54 Å². The van der Waals surface area contributed by atoms with E-state index in [1.54, 1.807) is 0 Å². The monoisotopic (exact) mass is 370 g/mol. The number of likely N-dealkylation sites (tertiary alicyclic amines) is 1. The van der Waals surface area contributed by atoms with Crippen molar-refractivity contribution in [1.29, 1.82) is 0 Å². The molecule has 2 aromatic heterocycles. The van der Waals surface area contributed by atoms with Crippen molar-refractivity contribution in [3.05, 3.63) is 23.0 Å². The van der Waals surface area contributed by atoms with E-state index in [2.05, 4.69) is 25.9 Å². The second-order valence-corrected chi connectivity index (χ2v) is 8.73. The number of carbonyl (C=O) groups excluding carboxylic acids is 1. The van der Waals surface area contributed by atoms with Gasteiger partial charge < -0.3 is 10.0 Å². The van der Waals surface area contributed by atoms with Gasteiger partial charge in [-0.25, -0.2) is 14.5 Å². The van der Waals surface area contributed by atoms with Gasteiger partial charge in [0, 0.05) is 18.2 Å². The lowest BCUT2D eigenvalue weighted by Crippen LogP contribution is -2.40. The highest BCUT2D eigenvalue weighted by molar-refractivity contribution is 6.07. The number of pyridine rings is 1. The molecule has 4 rings (SSSR count).